The zero-order valence-electron chi connectivity index (χ0n) is 14.0. The number of hydrogen-bond donors (Lipinski definition) is 2. The molecule has 0 aliphatic heterocycles. The number of amides is 1. The van der Waals surface area contributed by atoms with Gasteiger partial charge in [-0.3, -0.25) is 9.20 Å². The number of rotatable bonds is 4. The SMILES string of the molecule is COc1cc(NC(=O)c2c(C)nc3c(Cl)cc(Cl)cn23)c(Cl)cc1C(=O)O. The number of benzene rings is 1. The molecule has 0 fully saturated rings. The molecule has 0 saturated heterocycles. The van der Waals surface area contributed by atoms with E-state index in [4.69, 9.17) is 39.5 Å². The number of hydrogen-bond acceptors (Lipinski definition) is 4. The van der Waals surface area contributed by atoms with Crippen LogP contribution in [0.25, 0.3) is 5.65 Å². The van der Waals surface area contributed by atoms with E-state index in [0.29, 0.717) is 21.4 Å². The van der Waals surface area contributed by atoms with E-state index < -0.39 is 11.9 Å². The summed E-state index contributed by atoms with van der Waals surface area (Å²) in [6.07, 6.45) is 1.52. The van der Waals surface area contributed by atoms with E-state index >= 15 is 0 Å². The zero-order chi connectivity index (χ0) is 19.9. The number of pyridine rings is 1. The summed E-state index contributed by atoms with van der Waals surface area (Å²) < 4.78 is 6.54. The lowest BCUT2D eigenvalue weighted by molar-refractivity contribution is 0.0693. The Morgan fingerprint density at radius 1 is 1.19 bits per heavy atom. The second kappa shape index (κ2) is 7.26. The highest BCUT2D eigenvalue weighted by Crippen LogP contribution is 2.32. The van der Waals surface area contributed by atoms with Gasteiger partial charge >= 0.3 is 5.97 Å². The molecule has 27 heavy (non-hydrogen) atoms. The standard InChI is InChI=1S/C17H12Cl3N3O4/c1-7-14(23-6-8(18)3-11(20)15(23)21-7)16(24)22-12-5-13(27-2)9(17(25)26)4-10(12)19/h3-6H,1-2H3,(H,22,24)(H,25,26). The van der Waals surface area contributed by atoms with Crippen molar-refractivity contribution in [2.45, 2.75) is 6.92 Å². The predicted molar refractivity (Wildman–Crippen MR) is 103 cm³/mol. The van der Waals surface area contributed by atoms with Gasteiger partial charge in [-0.2, -0.15) is 0 Å². The molecule has 0 unspecified atom stereocenters. The van der Waals surface area contributed by atoms with Gasteiger partial charge in [0.25, 0.3) is 5.91 Å². The van der Waals surface area contributed by atoms with Gasteiger partial charge in [-0.25, -0.2) is 9.78 Å². The maximum Gasteiger partial charge on any atom is 0.339 e. The third-order valence-electron chi connectivity index (χ3n) is 3.80. The summed E-state index contributed by atoms with van der Waals surface area (Å²) >= 11 is 18.3. The Morgan fingerprint density at radius 2 is 1.89 bits per heavy atom. The maximum absolute atomic E-state index is 12.8. The van der Waals surface area contributed by atoms with Gasteiger partial charge < -0.3 is 15.2 Å². The summed E-state index contributed by atoms with van der Waals surface area (Å²) in [5, 5.41) is 12.5. The maximum atomic E-state index is 12.8. The van der Waals surface area contributed by atoms with Crippen molar-refractivity contribution in [1.82, 2.24) is 9.38 Å². The quantitative estimate of drug-likeness (QED) is 0.635. The van der Waals surface area contributed by atoms with Crippen LogP contribution < -0.4 is 10.1 Å². The Bertz CT molecular complexity index is 1090. The molecule has 0 bridgehead atoms. The number of aromatic nitrogens is 2. The molecule has 0 spiro atoms. The zero-order valence-corrected chi connectivity index (χ0v) is 16.3. The molecule has 0 atom stereocenters. The second-order valence-corrected chi connectivity index (χ2v) is 6.79. The van der Waals surface area contributed by atoms with Crippen LogP contribution in [-0.2, 0) is 0 Å². The molecule has 2 aromatic heterocycles. The molecule has 7 nitrogen and oxygen atoms in total. The Hall–Kier alpha value is -2.48. The van der Waals surface area contributed by atoms with Crippen molar-refractivity contribution < 1.29 is 19.4 Å². The van der Waals surface area contributed by atoms with E-state index in [9.17, 15) is 14.7 Å². The monoisotopic (exact) mass is 427 g/mol. The molecular formula is C17H12Cl3N3O4. The topological polar surface area (TPSA) is 92.9 Å². The van der Waals surface area contributed by atoms with Crippen molar-refractivity contribution in [3.8, 4) is 5.75 Å². The number of halogens is 3. The van der Waals surface area contributed by atoms with Crippen molar-refractivity contribution in [3.05, 3.63) is 56.4 Å². The minimum absolute atomic E-state index is 0.0455. The molecule has 3 aromatic rings. The number of nitrogens with zero attached hydrogens (tertiary/aromatic N) is 2. The van der Waals surface area contributed by atoms with Crippen LogP contribution in [0, 0.1) is 6.92 Å². The number of methoxy groups -OCH3 is 1. The molecule has 140 valence electrons. The summed E-state index contributed by atoms with van der Waals surface area (Å²) in [5.74, 6) is -1.66. The van der Waals surface area contributed by atoms with Gasteiger partial charge in [-0.05, 0) is 19.1 Å². The number of aromatic carboxylic acids is 1. The van der Waals surface area contributed by atoms with Crippen LogP contribution in [0.5, 0.6) is 5.75 Å². The molecular weight excluding hydrogens is 417 g/mol. The number of anilines is 1. The van der Waals surface area contributed by atoms with Crippen LogP contribution in [0.1, 0.15) is 26.5 Å². The number of carbonyl (C=O) groups excluding carboxylic acids is 1. The van der Waals surface area contributed by atoms with Crippen molar-refractivity contribution in [2.24, 2.45) is 0 Å². The van der Waals surface area contributed by atoms with Crippen molar-refractivity contribution in [1.29, 1.82) is 0 Å². The van der Waals surface area contributed by atoms with Gasteiger partial charge in [0.05, 0.1) is 33.6 Å². The van der Waals surface area contributed by atoms with E-state index in [-0.39, 0.29) is 27.7 Å². The molecule has 1 amide bonds. The fourth-order valence-electron chi connectivity index (χ4n) is 2.63. The number of aryl methyl sites for hydroxylation is 1. The normalized spacial score (nSPS) is 10.9. The number of carbonyl (C=O) groups is 2. The van der Waals surface area contributed by atoms with Crippen LogP contribution in [0.15, 0.2) is 24.4 Å². The van der Waals surface area contributed by atoms with Gasteiger partial charge in [-0.1, -0.05) is 34.8 Å². The first-order valence-corrected chi connectivity index (χ1v) is 8.62. The highest BCUT2D eigenvalue weighted by Gasteiger charge is 2.21. The lowest BCUT2D eigenvalue weighted by Crippen LogP contribution is -2.16. The average molecular weight is 429 g/mol. The van der Waals surface area contributed by atoms with Crippen LogP contribution in [0.4, 0.5) is 5.69 Å². The van der Waals surface area contributed by atoms with Crippen LogP contribution >= 0.6 is 34.8 Å². The Balaban J connectivity index is 2.05. The van der Waals surface area contributed by atoms with Crippen molar-refractivity contribution in [2.75, 3.05) is 12.4 Å². The van der Waals surface area contributed by atoms with Crippen molar-refractivity contribution in [3.63, 3.8) is 0 Å². The summed E-state index contributed by atoms with van der Waals surface area (Å²) in [6, 6.07) is 4.06. The number of imidazole rings is 1. The number of ether oxygens (including phenoxy) is 1. The smallest absolute Gasteiger partial charge is 0.339 e. The third-order valence-corrected chi connectivity index (χ3v) is 4.60. The molecule has 3 rings (SSSR count). The van der Waals surface area contributed by atoms with E-state index in [2.05, 4.69) is 10.3 Å². The molecule has 2 N–H and O–H groups in total. The number of nitrogens with one attached hydrogen (secondary N) is 1. The first-order valence-electron chi connectivity index (χ1n) is 7.48. The third kappa shape index (κ3) is 3.53. The Kier molecular flexibility index (Phi) is 5.19. The molecule has 10 heteroatoms. The lowest BCUT2D eigenvalue weighted by atomic mass is 10.1. The van der Waals surface area contributed by atoms with Crippen molar-refractivity contribution >= 4 is 58.0 Å². The lowest BCUT2D eigenvalue weighted by Gasteiger charge is -2.12. The van der Waals surface area contributed by atoms with E-state index in [0.717, 1.165) is 0 Å². The molecule has 1 aromatic carbocycles. The first kappa shape index (κ1) is 19.3. The van der Waals surface area contributed by atoms with Crippen LogP contribution in [-0.4, -0.2) is 33.5 Å². The van der Waals surface area contributed by atoms with Gasteiger partial charge in [0, 0.05) is 12.3 Å². The number of fused-ring (bicyclic) bond motifs is 1. The highest BCUT2D eigenvalue weighted by atomic mass is 35.5. The average Bonchev–Trinajstić information content (AvgIpc) is 2.92. The van der Waals surface area contributed by atoms with Gasteiger partial charge in [0.15, 0.2) is 5.65 Å². The highest BCUT2D eigenvalue weighted by molar-refractivity contribution is 6.36. The molecule has 0 saturated carbocycles. The predicted octanol–water partition coefficient (Wildman–Crippen LogP) is 4.56. The van der Waals surface area contributed by atoms with E-state index in [1.54, 1.807) is 6.92 Å². The molecule has 0 aliphatic rings. The van der Waals surface area contributed by atoms with Gasteiger partial charge in [0.1, 0.15) is 17.0 Å². The Morgan fingerprint density at radius 3 is 2.52 bits per heavy atom. The first-order chi connectivity index (χ1) is 12.7. The summed E-state index contributed by atoms with van der Waals surface area (Å²) in [7, 11) is 1.32. The minimum atomic E-state index is -1.20. The largest absolute Gasteiger partial charge is 0.496 e. The molecule has 0 radical (unpaired) electrons. The molecule has 2 heterocycles. The second-order valence-electron chi connectivity index (χ2n) is 5.54. The fourth-order valence-corrected chi connectivity index (χ4v) is 3.35. The van der Waals surface area contributed by atoms with E-state index in [1.165, 1.54) is 35.9 Å². The molecule has 0 aliphatic carbocycles. The fraction of sp³-hybridized carbons (Fsp3) is 0.118. The summed E-state index contributed by atoms with van der Waals surface area (Å²) in [6.45, 7) is 1.65. The summed E-state index contributed by atoms with van der Waals surface area (Å²) in [5.41, 5.74) is 1.10. The van der Waals surface area contributed by atoms with Gasteiger partial charge in [-0.15, -0.1) is 0 Å². The summed E-state index contributed by atoms with van der Waals surface area (Å²) in [4.78, 5) is 28.4. The number of carboxylic acids is 1. The van der Waals surface area contributed by atoms with Crippen LogP contribution in [0.2, 0.25) is 15.1 Å². The Labute approximate surface area is 168 Å². The van der Waals surface area contributed by atoms with E-state index in [1.807, 2.05) is 0 Å². The van der Waals surface area contributed by atoms with Crippen LogP contribution in [0.3, 0.4) is 0 Å². The van der Waals surface area contributed by atoms with Gasteiger partial charge in [0.2, 0.25) is 0 Å². The minimum Gasteiger partial charge on any atom is -0.496 e. The number of carboxylic acid groups (broad SMARTS) is 1.